The molecule has 1 fully saturated rings. The zero-order valence-corrected chi connectivity index (χ0v) is 20.9. The molecule has 36 heavy (non-hydrogen) atoms. The fourth-order valence-electron chi connectivity index (χ4n) is 4.60. The summed E-state index contributed by atoms with van der Waals surface area (Å²) in [6, 6.07) is 15.5. The third kappa shape index (κ3) is 4.59. The Hall–Kier alpha value is -3.68. The van der Waals surface area contributed by atoms with Crippen LogP contribution in [-0.2, 0) is 23.0 Å². The molecule has 9 nitrogen and oxygen atoms in total. The molecule has 0 bridgehead atoms. The van der Waals surface area contributed by atoms with Crippen molar-refractivity contribution in [1.29, 1.82) is 5.26 Å². The van der Waals surface area contributed by atoms with Crippen LogP contribution < -0.4 is 14.4 Å². The number of aromatic nitrogens is 2. The van der Waals surface area contributed by atoms with Gasteiger partial charge in [-0.25, -0.2) is 13.4 Å². The molecule has 10 heteroatoms. The van der Waals surface area contributed by atoms with Gasteiger partial charge in [-0.1, -0.05) is 24.3 Å². The molecule has 186 valence electrons. The molecule has 3 heterocycles. The molecule has 2 aliphatic heterocycles. The minimum Gasteiger partial charge on any atom is -0.493 e. The highest BCUT2D eigenvalue weighted by molar-refractivity contribution is 7.89. The number of sulfonamides is 1. The summed E-state index contributed by atoms with van der Waals surface area (Å²) >= 11 is 0. The van der Waals surface area contributed by atoms with Gasteiger partial charge >= 0.3 is 0 Å². The first kappa shape index (κ1) is 24.0. The standard InChI is InChI=1S/C26H27N5O4S/c1-34-22-10-4-5-11-23(22)35-25-20-18-31(36(32,33)24-12-6-3-9-19(24)17-27)16-13-21(20)28-26(29-25)30-14-7-2-8-15-30/h3-6,9-12H,2,7-8,13-16,18H2,1H3. The van der Waals surface area contributed by atoms with E-state index in [4.69, 9.17) is 19.4 Å². The number of rotatable bonds is 6. The van der Waals surface area contributed by atoms with E-state index in [1.165, 1.54) is 22.9 Å². The van der Waals surface area contributed by atoms with E-state index in [9.17, 15) is 13.7 Å². The van der Waals surface area contributed by atoms with Crippen molar-refractivity contribution in [3.05, 3.63) is 65.4 Å². The van der Waals surface area contributed by atoms with E-state index in [0.29, 0.717) is 35.3 Å². The van der Waals surface area contributed by atoms with E-state index >= 15 is 0 Å². The lowest BCUT2D eigenvalue weighted by Gasteiger charge is -2.31. The number of para-hydroxylation sites is 2. The van der Waals surface area contributed by atoms with E-state index < -0.39 is 10.0 Å². The lowest BCUT2D eigenvalue weighted by molar-refractivity contribution is 0.353. The maximum Gasteiger partial charge on any atom is 0.244 e. The number of fused-ring (bicyclic) bond motifs is 1. The first-order valence-electron chi connectivity index (χ1n) is 12.0. The van der Waals surface area contributed by atoms with Gasteiger partial charge in [0.25, 0.3) is 0 Å². The maximum absolute atomic E-state index is 13.5. The van der Waals surface area contributed by atoms with Crippen LogP contribution in [0.4, 0.5) is 5.95 Å². The van der Waals surface area contributed by atoms with Crippen molar-refractivity contribution in [1.82, 2.24) is 14.3 Å². The van der Waals surface area contributed by atoms with Crippen LogP contribution in [0.3, 0.4) is 0 Å². The van der Waals surface area contributed by atoms with Crippen LogP contribution in [0.2, 0.25) is 0 Å². The molecular formula is C26H27N5O4S. The van der Waals surface area contributed by atoms with Crippen molar-refractivity contribution in [3.8, 4) is 23.4 Å². The van der Waals surface area contributed by atoms with Crippen LogP contribution in [0.1, 0.15) is 36.1 Å². The topological polar surface area (TPSA) is 109 Å². The van der Waals surface area contributed by atoms with Crippen LogP contribution >= 0.6 is 0 Å². The SMILES string of the molecule is COc1ccccc1Oc1nc(N2CCCCC2)nc2c1CN(S(=O)(=O)c1ccccc1C#N)CC2. The number of methoxy groups -OCH3 is 1. The second-order valence-electron chi connectivity index (χ2n) is 8.75. The highest BCUT2D eigenvalue weighted by atomic mass is 32.2. The third-order valence-electron chi connectivity index (χ3n) is 6.52. The molecule has 1 saturated heterocycles. The zero-order chi connectivity index (χ0) is 25.1. The summed E-state index contributed by atoms with van der Waals surface area (Å²) in [6.07, 6.45) is 3.75. The van der Waals surface area contributed by atoms with Gasteiger partial charge in [0.15, 0.2) is 11.5 Å². The Labute approximate surface area is 211 Å². The number of benzene rings is 2. The molecule has 0 radical (unpaired) electrons. The van der Waals surface area contributed by atoms with Crippen molar-refractivity contribution in [2.75, 3.05) is 31.6 Å². The van der Waals surface area contributed by atoms with Crippen molar-refractivity contribution >= 4 is 16.0 Å². The van der Waals surface area contributed by atoms with Gasteiger partial charge in [0.05, 0.1) is 28.8 Å². The fraction of sp³-hybridized carbons (Fsp3) is 0.346. The lowest BCUT2D eigenvalue weighted by Crippen LogP contribution is -2.38. The number of ether oxygens (including phenoxy) is 2. The van der Waals surface area contributed by atoms with E-state index in [-0.39, 0.29) is 23.5 Å². The molecule has 0 saturated carbocycles. The Balaban J connectivity index is 1.55. The summed E-state index contributed by atoms with van der Waals surface area (Å²) in [4.78, 5) is 11.8. The monoisotopic (exact) mass is 505 g/mol. The molecular weight excluding hydrogens is 478 g/mol. The van der Waals surface area contributed by atoms with Crippen LogP contribution in [-0.4, -0.2) is 49.4 Å². The largest absolute Gasteiger partial charge is 0.493 e. The van der Waals surface area contributed by atoms with Gasteiger partial charge in [0.2, 0.25) is 21.9 Å². The van der Waals surface area contributed by atoms with Gasteiger partial charge in [-0.2, -0.15) is 14.6 Å². The van der Waals surface area contributed by atoms with Gasteiger partial charge < -0.3 is 14.4 Å². The van der Waals surface area contributed by atoms with Crippen molar-refractivity contribution in [3.63, 3.8) is 0 Å². The fourth-order valence-corrected chi connectivity index (χ4v) is 6.15. The minimum absolute atomic E-state index is 0.00555. The number of nitriles is 1. The van der Waals surface area contributed by atoms with Gasteiger partial charge in [0, 0.05) is 32.6 Å². The summed E-state index contributed by atoms with van der Waals surface area (Å²) in [7, 11) is -2.35. The number of nitrogens with zero attached hydrogens (tertiary/aromatic N) is 5. The average molecular weight is 506 g/mol. The molecule has 2 aliphatic rings. The Morgan fingerprint density at radius 1 is 0.944 bits per heavy atom. The quantitative estimate of drug-likeness (QED) is 0.497. The lowest BCUT2D eigenvalue weighted by atomic mass is 10.1. The van der Waals surface area contributed by atoms with Crippen molar-refractivity contribution < 1.29 is 17.9 Å². The smallest absolute Gasteiger partial charge is 0.244 e. The average Bonchev–Trinajstić information content (AvgIpc) is 2.93. The van der Waals surface area contributed by atoms with Crippen LogP contribution in [0.15, 0.2) is 53.4 Å². The highest BCUT2D eigenvalue weighted by Crippen LogP contribution is 2.37. The molecule has 0 unspecified atom stereocenters. The van der Waals surface area contributed by atoms with Gasteiger partial charge in [-0.3, -0.25) is 0 Å². The van der Waals surface area contributed by atoms with Crippen molar-refractivity contribution in [2.45, 2.75) is 37.1 Å². The maximum atomic E-state index is 13.5. The first-order chi connectivity index (χ1) is 17.5. The summed E-state index contributed by atoms with van der Waals surface area (Å²) < 4.78 is 40.1. The van der Waals surface area contributed by atoms with E-state index in [1.54, 1.807) is 31.4 Å². The Kier molecular flexibility index (Phi) is 6.76. The second-order valence-corrected chi connectivity index (χ2v) is 10.7. The van der Waals surface area contributed by atoms with Crippen LogP contribution in [0.25, 0.3) is 0 Å². The van der Waals surface area contributed by atoms with E-state index in [1.807, 2.05) is 18.2 Å². The Morgan fingerprint density at radius 2 is 1.67 bits per heavy atom. The summed E-state index contributed by atoms with van der Waals surface area (Å²) in [5.74, 6) is 1.95. The van der Waals surface area contributed by atoms with Crippen LogP contribution in [0, 0.1) is 11.3 Å². The first-order valence-corrected chi connectivity index (χ1v) is 13.4. The second kappa shape index (κ2) is 10.1. The summed E-state index contributed by atoms with van der Waals surface area (Å²) in [6.45, 7) is 2.04. The third-order valence-corrected chi connectivity index (χ3v) is 8.42. The Morgan fingerprint density at radius 3 is 2.42 bits per heavy atom. The predicted octanol–water partition coefficient (Wildman–Crippen LogP) is 3.89. The molecule has 0 atom stereocenters. The highest BCUT2D eigenvalue weighted by Gasteiger charge is 2.34. The zero-order valence-electron chi connectivity index (χ0n) is 20.1. The number of hydrogen-bond donors (Lipinski definition) is 0. The summed E-state index contributed by atoms with van der Waals surface area (Å²) in [5, 5.41) is 9.46. The van der Waals surface area contributed by atoms with E-state index in [0.717, 1.165) is 31.6 Å². The molecule has 1 aromatic heterocycles. The number of hydrogen-bond acceptors (Lipinski definition) is 8. The minimum atomic E-state index is -3.92. The molecule has 0 aliphatic carbocycles. The van der Waals surface area contributed by atoms with Crippen molar-refractivity contribution in [2.24, 2.45) is 0 Å². The van der Waals surface area contributed by atoms with E-state index in [2.05, 4.69) is 4.90 Å². The molecule has 2 aromatic carbocycles. The van der Waals surface area contributed by atoms with Gasteiger partial charge in [-0.15, -0.1) is 0 Å². The molecule has 3 aromatic rings. The molecule has 5 rings (SSSR count). The molecule has 0 spiro atoms. The number of anilines is 1. The Bertz CT molecular complexity index is 1410. The molecule has 0 N–H and O–H groups in total. The van der Waals surface area contributed by atoms with Gasteiger partial charge in [-0.05, 0) is 43.5 Å². The predicted molar refractivity (Wildman–Crippen MR) is 134 cm³/mol. The number of piperidine rings is 1. The summed E-state index contributed by atoms with van der Waals surface area (Å²) in [5.41, 5.74) is 1.51. The van der Waals surface area contributed by atoms with Crippen LogP contribution in [0.5, 0.6) is 17.4 Å². The van der Waals surface area contributed by atoms with Gasteiger partial charge in [0.1, 0.15) is 6.07 Å². The molecule has 0 amide bonds. The normalized spacial score (nSPS) is 16.2.